The molecule has 0 aliphatic heterocycles. The number of carboxylic acids is 1. The van der Waals surface area contributed by atoms with Crippen molar-refractivity contribution in [3.8, 4) is 5.75 Å². The van der Waals surface area contributed by atoms with Gasteiger partial charge in [-0.1, -0.05) is 11.6 Å². The smallest absolute Gasteiger partial charge is 0.417 e. The van der Waals surface area contributed by atoms with Crippen LogP contribution in [0.4, 0.5) is 13.2 Å². The van der Waals surface area contributed by atoms with Gasteiger partial charge >= 0.3 is 12.1 Å². The highest BCUT2D eigenvalue weighted by atomic mass is 35.5. The molecule has 0 saturated carbocycles. The summed E-state index contributed by atoms with van der Waals surface area (Å²) in [6, 6.07) is 1.28. The van der Waals surface area contributed by atoms with E-state index < -0.39 is 23.3 Å². The van der Waals surface area contributed by atoms with E-state index >= 15 is 0 Å². The van der Waals surface area contributed by atoms with E-state index in [2.05, 4.69) is 4.74 Å². The van der Waals surface area contributed by atoms with Gasteiger partial charge in [0, 0.05) is 0 Å². The van der Waals surface area contributed by atoms with Crippen molar-refractivity contribution in [2.45, 2.75) is 6.18 Å². The van der Waals surface area contributed by atoms with Crippen LogP contribution in [-0.4, -0.2) is 18.2 Å². The Hall–Kier alpha value is -1.43. The lowest BCUT2D eigenvalue weighted by Crippen LogP contribution is -2.13. The number of ether oxygens (including phenoxy) is 1. The molecule has 0 amide bonds. The molecule has 88 valence electrons. The fourth-order valence-electron chi connectivity index (χ4n) is 1.12. The van der Waals surface area contributed by atoms with Crippen molar-refractivity contribution in [2.24, 2.45) is 0 Å². The molecule has 1 aromatic carbocycles. The number of hydrogen-bond donors (Lipinski definition) is 1. The third-order valence-electron chi connectivity index (χ3n) is 1.83. The van der Waals surface area contributed by atoms with Gasteiger partial charge in [-0.25, -0.2) is 4.79 Å². The maximum atomic E-state index is 12.5. The summed E-state index contributed by atoms with van der Waals surface area (Å²) in [5, 5.41) is 8.43. The molecule has 0 saturated heterocycles. The molecule has 0 aromatic heterocycles. The van der Waals surface area contributed by atoms with E-state index in [-0.39, 0.29) is 10.8 Å². The first-order chi connectivity index (χ1) is 7.27. The summed E-state index contributed by atoms with van der Waals surface area (Å²) in [5.74, 6) is -1.92. The van der Waals surface area contributed by atoms with E-state index in [1.807, 2.05) is 0 Å². The standard InChI is InChI=1S/C9H6ClF3O3/c1-16-7-3-5(9(11,12)13)4(8(14)15)2-6(7)10/h2-3H,1H3,(H,14,15). The first-order valence-corrected chi connectivity index (χ1v) is 4.33. The van der Waals surface area contributed by atoms with Gasteiger partial charge in [0.2, 0.25) is 0 Å². The van der Waals surface area contributed by atoms with Crippen LogP contribution < -0.4 is 4.74 Å². The third-order valence-corrected chi connectivity index (χ3v) is 2.12. The molecule has 0 fully saturated rings. The Morgan fingerprint density at radius 1 is 1.44 bits per heavy atom. The maximum Gasteiger partial charge on any atom is 0.417 e. The predicted octanol–water partition coefficient (Wildman–Crippen LogP) is 3.07. The van der Waals surface area contributed by atoms with E-state index in [1.165, 1.54) is 0 Å². The summed E-state index contributed by atoms with van der Waals surface area (Å²) in [6.45, 7) is 0. The Morgan fingerprint density at radius 3 is 2.38 bits per heavy atom. The van der Waals surface area contributed by atoms with Gasteiger partial charge < -0.3 is 9.84 Å². The van der Waals surface area contributed by atoms with Crippen LogP contribution in [0.25, 0.3) is 0 Å². The maximum absolute atomic E-state index is 12.5. The number of alkyl halides is 3. The first kappa shape index (κ1) is 12.6. The van der Waals surface area contributed by atoms with Crippen LogP contribution in [0.2, 0.25) is 5.02 Å². The predicted molar refractivity (Wildman–Crippen MR) is 50.0 cm³/mol. The quantitative estimate of drug-likeness (QED) is 0.882. The number of carboxylic acid groups (broad SMARTS) is 1. The molecule has 0 spiro atoms. The minimum atomic E-state index is -4.77. The Morgan fingerprint density at radius 2 is 2.00 bits per heavy atom. The number of rotatable bonds is 2. The van der Waals surface area contributed by atoms with E-state index in [4.69, 9.17) is 16.7 Å². The van der Waals surface area contributed by atoms with Crippen molar-refractivity contribution in [1.29, 1.82) is 0 Å². The highest BCUT2D eigenvalue weighted by Gasteiger charge is 2.36. The molecule has 16 heavy (non-hydrogen) atoms. The van der Waals surface area contributed by atoms with Crippen LogP contribution in [0.15, 0.2) is 12.1 Å². The SMILES string of the molecule is COc1cc(C(F)(F)F)c(C(=O)O)cc1Cl. The minimum absolute atomic E-state index is 0.187. The van der Waals surface area contributed by atoms with Gasteiger partial charge in [-0.15, -0.1) is 0 Å². The van der Waals surface area contributed by atoms with E-state index in [1.54, 1.807) is 0 Å². The normalized spacial score (nSPS) is 11.3. The summed E-state index contributed by atoms with van der Waals surface area (Å²) in [6.07, 6.45) is -4.77. The number of halogens is 4. The molecule has 0 bridgehead atoms. The zero-order chi connectivity index (χ0) is 12.5. The molecule has 0 radical (unpaired) electrons. The monoisotopic (exact) mass is 254 g/mol. The van der Waals surface area contributed by atoms with Crippen LogP contribution in [0, 0.1) is 0 Å². The fraction of sp³-hybridized carbons (Fsp3) is 0.222. The van der Waals surface area contributed by atoms with Crippen molar-refractivity contribution in [3.05, 3.63) is 28.3 Å². The Balaban J connectivity index is 3.49. The second kappa shape index (κ2) is 4.21. The summed E-state index contributed by atoms with van der Waals surface area (Å²) in [5.41, 5.74) is -2.19. The van der Waals surface area contributed by atoms with Crippen molar-refractivity contribution in [2.75, 3.05) is 7.11 Å². The lowest BCUT2D eigenvalue weighted by Gasteiger charge is -2.12. The van der Waals surface area contributed by atoms with Crippen LogP contribution in [0.3, 0.4) is 0 Å². The highest BCUT2D eigenvalue weighted by Crippen LogP contribution is 2.37. The van der Waals surface area contributed by atoms with E-state index in [9.17, 15) is 18.0 Å². The van der Waals surface area contributed by atoms with Gasteiger partial charge in [-0.05, 0) is 12.1 Å². The van der Waals surface area contributed by atoms with Crippen molar-refractivity contribution >= 4 is 17.6 Å². The molecular weight excluding hydrogens is 249 g/mol. The van der Waals surface area contributed by atoms with Crippen LogP contribution in [0.5, 0.6) is 5.75 Å². The molecular formula is C9H6ClF3O3. The molecule has 7 heteroatoms. The molecule has 0 atom stereocenters. The van der Waals surface area contributed by atoms with Gasteiger partial charge in [0.25, 0.3) is 0 Å². The lowest BCUT2D eigenvalue weighted by molar-refractivity contribution is -0.138. The second-order valence-corrected chi connectivity index (χ2v) is 3.24. The fourth-order valence-corrected chi connectivity index (χ4v) is 1.36. The third kappa shape index (κ3) is 2.38. The van der Waals surface area contributed by atoms with Crippen molar-refractivity contribution < 1.29 is 27.8 Å². The van der Waals surface area contributed by atoms with Gasteiger partial charge in [-0.3, -0.25) is 0 Å². The highest BCUT2D eigenvalue weighted by molar-refractivity contribution is 6.32. The number of benzene rings is 1. The second-order valence-electron chi connectivity index (χ2n) is 2.84. The van der Waals surface area contributed by atoms with Crippen molar-refractivity contribution in [3.63, 3.8) is 0 Å². The Labute approximate surface area is 93.4 Å². The van der Waals surface area contributed by atoms with Gasteiger partial charge in [0.05, 0.1) is 23.3 Å². The van der Waals surface area contributed by atoms with E-state index in [0.717, 1.165) is 7.11 Å². The van der Waals surface area contributed by atoms with Gasteiger partial charge in [0.15, 0.2) is 0 Å². The first-order valence-electron chi connectivity index (χ1n) is 3.95. The Kier molecular flexibility index (Phi) is 3.32. The topological polar surface area (TPSA) is 46.5 Å². The van der Waals surface area contributed by atoms with Crippen LogP contribution in [0.1, 0.15) is 15.9 Å². The summed E-state index contributed by atoms with van der Waals surface area (Å²) in [7, 11) is 1.14. The van der Waals surface area contributed by atoms with Crippen LogP contribution >= 0.6 is 11.6 Å². The molecule has 3 nitrogen and oxygen atoms in total. The van der Waals surface area contributed by atoms with Gasteiger partial charge in [0.1, 0.15) is 5.75 Å². The van der Waals surface area contributed by atoms with Gasteiger partial charge in [-0.2, -0.15) is 13.2 Å². The summed E-state index contributed by atoms with van der Waals surface area (Å²) in [4.78, 5) is 10.6. The van der Waals surface area contributed by atoms with E-state index in [0.29, 0.717) is 12.1 Å². The molecule has 0 aliphatic carbocycles. The summed E-state index contributed by atoms with van der Waals surface area (Å²) < 4.78 is 42.1. The zero-order valence-corrected chi connectivity index (χ0v) is 8.69. The molecule has 0 unspecified atom stereocenters. The number of aromatic carboxylic acids is 1. The molecule has 1 aromatic rings. The van der Waals surface area contributed by atoms with Crippen molar-refractivity contribution in [1.82, 2.24) is 0 Å². The van der Waals surface area contributed by atoms with Crippen LogP contribution in [-0.2, 0) is 6.18 Å². The minimum Gasteiger partial charge on any atom is -0.495 e. The number of methoxy groups -OCH3 is 1. The largest absolute Gasteiger partial charge is 0.495 e. The average molecular weight is 255 g/mol. The molecule has 1 N–H and O–H groups in total. The Bertz CT molecular complexity index is 429. The average Bonchev–Trinajstić information content (AvgIpc) is 2.15. The molecule has 0 aliphatic rings. The number of hydrogen-bond acceptors (Lipinski definition) is 2. The summed E-state index contributed by atoms with van der Waals surface area (Å²) >= 11 is 5.54. The zero-order valence-electron chi connectivity index (χ0n) is 7.93. The molecule has 1 rings (SSSR count). The molecule has 0 heterocycles. The lowest BCUT2D eigenvalue weighted by atomic mass is 10.1. The number of carbonyl (C=O) groups is 1.